The maximum Gasteiger partial charge on any atom is 0.312 e. The molecule has 3 heterocycles. The van der Waals surface area contributed by atoms with E-state index in [1.807, 2.05) is 5.01 Å². The van der Waals surface area contributed by atoms with E-state index in [9.17, 15) is 39.9 Å². The summed E-state index contributed by atoms with van der Waals surface area (Å²) < 4.78 is 23.8. The Hall–Kier alpha value is -5.12. The minimum Gasteiger partial charge on any atom is -0.507 e. The molecule has 1 amide bonds. The van der Waals surface area contributed by atoms with Gasteiger partial charge in [-0.2, -0.15) is 5.10 Å². The molecule has 15 nitrogen and oxygen atoms in total. The number of methoxy groups -OCH3 is 1. The number of hydrogen-bond acceptors (Lipinski definition) is 14. The molecule has 5 rings (SSSR count). The zero-order valence-electron chi connectivity index (χ0n) is 40.1. The second kappa shape index (κ2) is 23.4. The van der Waals surface area contributed by atoms with Crippen molar-refractivity contribution in [2.45, 2.75) is 151 Å². The number of nitrogens with one attached hydrogen (secondary N) is 1. The van der Waals surface area contributed by atoms with Crippen molar-refractivity contribution < 1.29 is 58.9 Å². The molecular formula is C50H73N3O12. The molecule has 5 bridgehead atoms. The normalized spacial score (nSPS) is 26.6. The Morgan fingerprint density at radius 2 is 1.51 bits per heavy atom. The number of hydrogen-bond donors (Lipinski definition) is 6. The summed E-state index contributed by atoms with van der Waals surface area (Å²) in [5.74, 6) is -8.29. The number of amides is 1. The van der Waals surface area contributed by atoms with Crippen molar-refractivity contribution in [3.8, 4) is 23.0 Å². The molecule has 2 aromatic rings. The number of aromatic hydroxyl groups is 3. The molecule has 2 aromatic carbocycles. The average molecular weight is 908 g/mol. The molecule has 0 spiro atoms. The first kappa shape index (κ1) is 52.5. The highest BCUT2D eigenvalue weighted by Crippen LogP contribution is 2.55. The number of fused-ring (bicyclic) bond motifs is 14. The van der Waals surface area contributed by atoms with E-state index in [0.717, 1.165) is 51.4 Å². The van der Waals surface area contributed by atoms with Gasteiger partial charge in [-0.3, -0.25) is 19.4 Å². The lowest BCUT2D eigenvalue weighted by Crippen LogP contribution is -2.46. The standard InChI is InChI=1S/C50H73N3O12/c1-12-14-16-18-24-53(25-19-17-15-13-2)51-27-35-40-45(59)38-37(44(35)58)39-47(33(8)43(38)57)65-50(10,48(39)60)63-26-23-36(62-11)30(5)46(64-34(9)54)32(7)42(56)31(6)41(55)28(3)21-20-22-29(4)49(61)52-40/h20-23,26-28,30-32,36,41-42,46,55-59H,12-19,24-25H2,1-11H3,(H,52,61)/t28-,30+,31-,32-,36+,41+,42-,46+,50+/m1/s1. The van der Waals surface area contributed by atoms with Crippen molar-refractivity contribution in [1.82, 2.24) is 5.01 Å². The van der Waals surface area contributed by atoms with Crippen molar-refractivity contribution in [3.63, 3.8) is 0 Å². The number of unbranched alkanes of at least 4 members (excludes halogenated alkanes) is 6. The first-order chi connectivity index (χ1) is 30.8. The first-order valence-corrected chi connectivity index (χ1v) is 23.1. The van der Waals surface area contributed by atoms with Gasteiger partial charge in [0.25, 0.3) is 11.7 Å². The van der Waals surface area contributed by atoms with E-state index in [4.69, 9.17) is 24.0 Å². The van der Waals surface area contributed by atoms with E-state index in [1.54, 1.807) is 46.8 Å². The van der Waals surface area contributed by atoms with E-state index in [-0.39, 0.29) is 44.5 Å². The predicted molar refractivity (Wildman–Crippen MR) is 251 cm³/mol. The largest absolute Gasteiger partial charge is 0.507 e. The van der Waals surface area contributed by atoms with Crippen LogP contribution in [0.25, 0.3) is 10.8 Å². The maximum atomic E-state index is 14.6. The van der Waals surface area contributed by atoms with Crippen LogP contribution in [-0.4, -0.2) is 105 Å². The quantitative estimate of drug-likeness (QED) is 0.0262. The smallest absolute Gasteiger partial charge is 0.312 e. The Bertz CT molecular complexity index is 2120. The number of aliphatic hydroxyl groups is 2. The molecule has 15 heteroatoms. The molecule has 65 heavy (non-hydrogen) atoms. The molecule has 0 aliphatic carbocycles. The fourth-order valence-corrected chi connectivity index (χ4v) is 8.68. The zero-order valence-corrected chi connectivity index (χ0v) is 40.1. The van der Waals surface area contributed by atoms with Crippen molar-refractivity contribution in [1.29, 1.82) is 0 Å². The SMILES string of the molecule is CCCCCCN(CCCCCC)N=Cc1c2c(O)c3c(O)c(C)c4c(c3c1O)C(=O)[C@@](C)(OC=C[C@H](OC)[C@H](C)[C@H](OC(C)=O)[C@H](C)[C@H](O)[C@H](C)[C@@H](O)[C@H](C)C=CC=C(C)C(=O)N2)O4. The van der Waals surface area contributed by atoms with Crippen LogP contribution in [0.4, 0.5) is 5.69 Å². The zero-order chi connectivity index (χ0) is 48.3. The summed E-state index contributed by atoms with van der Waals surface area (Å²) in [5.41, 5.74) is -0.286. The molecule has 360 valence electrons. The van der Waals surface area contributed by atoms with Crippen LogP contribution in [0.15, 0.2) is 41.2 Å². The highest BCUT2D eigenvalue weighted by Gasteiger charge is 2.50. The number of nitrogens with zero attached hydrogens (tertiary/aromatic N) is 2. The molecule has 0 aromatic heterocycles. The van der Waals surface area contributed by atoms with E-state index in [0.29, 0.717) is 13.1 Å². The molecule has 0 fully saturated rings. The van der Waals surface area contributed by atoms with Gasteiger partial charge in [-0.15, -0.1) is 0 Å². The fraction of sp³-hybridized carbons (Fsp3) is 0.600. The third-order valence-electron chi connectivity index (χ3n) is 12.9. The minimum atomic E-state index is -2.05. The number of hydrazone groups is 1. The number of carbonyl (C=O) groups excluding carboxylic acids is 3. The number of rotatable bonds is 14. The van der Waals surface area contributed by atoms with Crippen LogP contribution in [0.1, 0.15) is 135 Å². The van der Waals surface area contributed by atoms with E-state index in [1.165, 1.54) is 52.5 Å². The summed E-state index contributed by atoms with van der Waals surface area (Å²) in [4.78, 5) is 40.9. The molecular weight excluding hydrogens is 835 g/mol. The molecule has 9 atom stereocenters. The number of ether oxygens (including phenoxy) is 4. The summed E-state index contributed by atoms with van der Waals surface area (Å²) in [5, 5.41) is 68.0. The number of Topliss-reactive ketones (excluding diaryl/α,β-unsaturated/α-hetero) is 1. The lowest BCUT2D eigenvalue weighted by molar-refractivity contribution is -0.160. The molecule has 0 saturated carbocycles. The van der Waals surface area contributed by atoms with Gasteiger partial charge in [-0.1, -0.05) is 98.3 Å². The lowest BCUT2D eigenvalue weighted by atomic mass is 9.78. The van der Waals surface area contributed by atoms with Crippen LogP contribution >= 0.6 is 0 Å². The fourth-order valence-electron chi connectivity index (χ4n) is 8.68. The van der Waals surface area contributed by atoms with Crippen molar-refractivity contribution in [2.75, 3.05) is 25.5 Å². The van der Waals surface area contributed by atoms with Gasteiger partial charge in [0.05, 0.1) is 53.0 Å². The average Bonchev–Trinajstić information content (AvgIpc) is 3.54. The summed E-state index contributed by atoms with van der Waals surface area (Å²) in [6.45, 7) is 18.1. The van der Waals surface area contributed by atoms with E-state index >= 15 is 0 Å². The number of phenolic OH excluding ortho intramolecular Hbond substituents is 3. The topological polar surface area (TPSA) is 217 Å². The van der Waals surface area contributed by atoms with Gasteiger partial charge in [-0.05, 0) is 32.8 Å². The second-order valence-electron chi connectivity index (χ2n) is 17.9. The van der Waals surface area contributed by atoms with Gasteiger partial charge in [0, 0.05) is 74.2 Å². The van der Waals surface area contributed by atoms with Crippen LogP contribution in [0, 0.1) is 30.6 Å². The number of aliphatic hydroxyl groups excluding tert-OH is 2. The first-order valence-electron chi connectivity index (χ1n) is 23.1. The van der Waals surface area contributed by atoms with E-state index < -0.39 is 88.8 Å². The summed E-state index contributed by atoms with van der Waals surface area (Å²) in [6, 6.07) is 0. The summed E-state index contributed by atoms with van der Waals surface area (Å²) in [7, 11) is 1.45. The number of phenols is 3. The number of allylic oxidation sites excluding steroid dienone is 2. The van der Waals surface area contributed by atoms with Gasteiger partial charge in [0.1, 0.15) is 23.4 Å². The lowest BCUT2D eigenvalue weighted by Gasteiger charge is -2.38. The van der Waals surface area contributed by atoms with Gasteiger partial charge >= 0.3 is 11.8 Å². The number of carbonyl (C=O) groups is 3. The summed E-state index contributed by atoms with van der Waals surface area (Å²) in [6.07, 6.45) is 13.0. The highest BCUT2D eigenvalue weighted by atomic mass is 16.7. The minimum absolute atomic E-state index is 0.0633. The monoisotopic (exact) mass is 908 g/mol. The van der Waals surface area contributed by atoms with Crippen molar-refractivity contribution >= 4 is 40.3 Å². The number of ketones is 1. The molecule has 0 radical (unpaired) electrons. The molecule has 6 N–H and O–H groups in total. The second-order valence-corrected chi connectivity index (χ2v) is 17.9. The summed E-state index contributed by atoms with van der Waals surface area (Å²) >= 11 is 0. The van der Waals surface area contributed by atoms with Crippen LogP contribution in [0.2, 0.25) is 0 Å². The van der Waals surface area contributed by atoms with Crippen LogP contribution in [0.5, 0.6) is 23.0 Å². The van der Waals surface area contributed by atoms with Gasteiger partial charge in [-0.25, -0.2) is 0 Å². The number of esters is 1. The predicted octanol–water partition coefficient (Wildman–Crippen LogP) is 8.55. The molecule has 0 unspecified atom stereocenters. The Kier molecular flexibility index (Phi) is 18.9. The van der Waals surface area contributed by atoms with Crippen molar-refractivity contribution in [2.24, 2.45) is 28.8 Å². The maximum absolute atomic E-state index is 14.6. The van der Waals surface area contributed by atoms with Gasteiger partial charge in [0.2, 0.25) is 0 Å². The van der Waals surface area contributed by atoms with Crippen LogP contribution < -0.4 is 10.1 Å². The van der Waals surface area contributed by atoms with E-state index in [2.05, 4.69) is 19.2 Å². The van der Waals surface area contributed by atoms with Crippen molar-refractivity contribution in [3.05, 3.63) is 52.8 Å². The third kappa shape index (κ3) is 12.0. The third-order valence-corrected chi connectivity index (χ3v) is 12.9. The Labute approximate surface area is 384 Å². The Morgan fingerprint density at radius 3 is 2.09 bits per heavy atom. The molecule has 3 aliphatic heterocycles. The molecule has 0 saturated heterocycles. The van der Waals surface area contributed by atoms with Crippen LogP contribution in [0.3, 0.4) is 0 Å². The van der Waals surface area contributed by atoms with Gasteiger partial charge in [0.15, 0.2) is 5.75 Å². The number of anilines is 1. The molecule has 3 aliphatic rings. The number of benzene rings is 2. The Balaban J connectivity index is 1.97. The van der Waals surface area contributed by atoms with Gasteiger partial charge < -0.3 is 49.8 Å². The Morgan fingerprint density at radius 1 is 0.877 bits per heavy atom. The van der Waals surface area contributed by atoms with Crippen LogP contribution in [-0.2, 0) is 23.8 Å². The highest BCUT2D eigenvalue weighted by molar-refractivity contribution is 6.23.